The predicted molar refractivity (Wildman–Crippen MR) is 184 cm³/mol. The summed E-state index contributed by atoms with van der Waals surface area (Å²) in [7, 11) is 0.818. The van der Waals surface area contributed by atoms with Crippen LogP contribution in [0.1, 0.15) is 53.7 Å². The monoisotopic (exact) mass is 742 g/mol. The fraction of sp³-hybridized carbons (Fsp3) is 0.171. The molecule has 0 aliphatic heterocycles. The summed E-state index contributed by atoms with van der Waals surface area (Å²) in [5.74, 6) is 0. The first-order valence-corrected chi connectivity index (χ1v) is 20.2. The molecular weight excluding hydrogens is 702 g/mol. The molecule has 5 aromatic rings. The van der Waals surface area contributed by atoms with E-state index in [1.54, 1.807) is 11.1 Å². The molecule has 2 heteroatoms. The van der Waals surface area contributed by atoms with Gasteiger partial charge >= 0.3 is 188 Å². The minimum absolute atomic E-state index is 0.259. The zero-order chi connectivity index (χ0) is 29.6. The molecule has 5 aromatic carbocycles. The van der Waals surface area contributed by atoms with Crippen LogP contribution >= 0.6 is 8.58 Å². The number of allylic oxidation sites excluding steroid dienone is 2. The summed E-state index contributed by atoms with van der Waals surface area (Å²) in [5, 5.41) is 1.53. The van der Waals surface area contributed by atoms with Crippen LogP contribution in [0.15, 0.2) is 133 Å². The van der Waals surface area contributed by atoms with E-state index in [-0.39, 0.29) is 2.91 Å². The molecule has 0 amide bonds. The quantitative estimate of drug-likeness (QED) is 0.115. The van der Waals surface area contributed by atoms with Gasteiger partial charge in [-0.05, 0) is 24.0 Å². The van der Waals surface area contributed by atoms with Crippen molar-refractivity contribution in [2.75, 3.05) is 0 Å². The van der Waals surface area contributed by atoms with Gasteiger partial charge in [-0.2, -0.15) is 0 Å². The maximum absolute atomic E-state index is 2.59. The molecule has 0 radical (unpaired) electrons. The van der Waals surface area contributed by atoms with Gasteiger partial charge in [0.05, 0.1) is 0 Å². The van der Waals surface area contributed by atoms with Crippen molar-refractivity contribution in [1.82, 2.24) is 0 Å². The van der Waals surface area contributed by atoms with Gasteiger partial charge in [-0.25, -0.2) is 0 Å². The van der Waals surface area contributed by atoms with Crippen molar-refractivity contribution in [2.24, 2.45) is 0 Å². The zero-order valence-electron chi connectivity index (χ0n) is 25.3. The topological polar surface area (TPSA) is 0 Å². The Morgan fingerprint density at radius 2 is 1.21 bits per heavy atom. The molecule has 0 N–H and O–H groups in total. The molecule has 0 fully saturated rings. The molecule has 7 rings (SSSR count). The van der Waals surface area contributed by atoms with E-state index in [2.05, 4.69) is 166 Å². The Hall–Kier alpha value is -3.12. The molecule has 212 valence electrons. The van der Waals surface area contributed by atoms with Crippen LogP contribution < -0.4 is 5.30 Å². The summed E-state index contributed by atoms with van der Waals surface area (Å²) in [5.41, 5.74) is 13.3. The maximum Gasteiger partial charge on any atom is -0.0238 e. The van der Waals surface area contributed by atoms with Gasteiger partial charge in [0.2, 0.25) is 0 Å². The van der Waals surface area contributed by atoms with Crippen LogP contribution in [0.2, 0.25) is 0 Å². The van der Waals surface area contributed by atoms with Gasteiger partial charge in [-0.15, -0.1) is 0 Å². The van der Waals surface area contributed by atoms with Crippen LogP contribution in [0.5, 0.6) is 0 Å². The first-order chi connectivity index (χ1) is 21.0. The number of hydrogen-bond acceptors (Lipinski definition) is 0. The standard InChI is InChI=1S/C16H14P.C14H14.C11H11.Hf/c1-12-6-2-5-9-15(12)17-16-11-10-13-7-3-4-8-14(13)16;1-3-7-13(8-4-1)11-12-14-9-5-2-6-10-14;1-8-6-7-9(2)11-5-3-4-10(8)11;/h2-11,17H,1H3;1-10H,11-12H2;3-7H,1-2H3;. The first-order valence-electron chi connectivity index (χ1n) is 15.3. The number of hydrogen-bond donors (Lipinski definition) is 0. The molecule has 0 aromatic heterocycles. The Kier molecular flexibility index (Phi) is 9.52. The van der Waals surface area contributed by atoms with E-state index in [0.717, 1.165) is 21.4 Å². The molecule has 0 spiro atoms. The van der Waals surface area contributed by atoms with Gasteiger partial charge in [-0.1, -0.05) is 60.7 Å². The smallest absolute Gasteiger partial charge is 0.0238 e. The summed E-state index contributed by atoms with van der Waals surface area (Å²) in [4.78, 5) is 0. The fourth-order valence-corrected chi connectivity index (χ4v) is 17.6. The van der Waals surface area contributed by atoms with E-state index in [1.807, 2.05) is 0 Å². The van der Waals surface area contributed by atoms with E-state index < -0.39 is 22.9 Å². The summed E-state index contributed by atoms with van der Waals surface area (Å²) >= 11 is -1.18. The van der Waals surface area contributed by atoms with E-state index in [9.17, 15) is 0 Å². The van der Waals surface area contributed by atoms with Crippen molar-refractivity contribution < 1.29 is 22.9 Å². The number of benzene rings is 5. The third-order valence-electron chi connectivity index (χ3n) is 8.64. The Morgan fingerprint density at radius 3 is 1.91 bits per heavy atom. The number of fused-ring (bicyclic) bond motifs is 2. The second-order valence-electron chi connectivity index (χ2n) is 11.6. The van der Waals surface area contributed by atoms with Crippen molar-refractivity contribution in [2.45, 2.75) is 40.2 Å². The summed E-state index contributed by atoms with van der Waals surface area (Å²) in [6.07, 6.45) is 12.2. The summed E-state index contributed by atoms with van der Waals surface area (Å²) in [6.45, 7) is 6.83. The normalized spacial score (nSPS) is 17.9. The number of aryl methyl sites for hydroxylation is 5. The van der Waals surface area contributed by atoms with Crippen LogP contribution in [-0.4, -0.2) is 0 Å². The van der Waals surface area contributed by atoms with Crippen molar-refractivity contribution in [3.63, 3.8) is 0 Å². The van der Waals surface area contributed by atoms with E-state index in [4.69, 9.17) is 0 Å². The Labute approximate surface area is 271 Å². The van der Waals surface area contributed by atoms with Gasteiger partial charge in [0.1, 0.15) is 0 Å². The van der Waals surface area contributed by atoms with Crippen molar-refractivity contribution in [1.29, 1.82) is 0 Å². The molecule has 3 unspecified atom stereocenters. The average Bonchev–Trinajstić information content (AvgIpc) is 3.63. The van der Waals surface area contributed by atoms with Gasteiger partial charge < -0.3 is 0 Å². The Bertz CT molecular complexity index is 1710. The van der Waals surface area contributed by atoms with Crippen molar-refractivity contribution >= 4 is 26.0 Å². The SMILES string of the molecule is Cc1ccccc1P[C]1([Hf][CH]2C=Cc3c(C)ccc(C)c32)C=Cc2ccccc21.c1ccc(CCc2ccccc2)cc1. The Morgan fingerprint density at radius 1 is 0.605 bits per heavy atom. The molecule has 2 aliphatic carbocycles. The van der Waals surface area contributed by atoms with Crippen LogP contribution in [0.25, 0.3) is 12.2 Å². The van der Waals surface area contributed by atoms with E-state index in [1.165, 1.54) is 44.2 Å². The van der Waals surface area contributed by atoms with E-state index in [0.29, 0.717) is 3.67 Å². The van der Waals surface area contributed by atoms with Crippen LogP contribution in [0.3, 0.4) is 0 Å². The second-order valence-corrected chi connectivity index (χ2v) is 21.1. The van der Waals surface area contributed by atoms with Gasteiger partial charge in [-0.3, -0.25) is 0 Å². The van der Waals surface area contributed by atoms with Crippen molar-refractivity contribution in [3.8, 4) is 0 Å². The molecular formula is C41H39HfP. The molecule has 0 bridgehead atoms. The third kappa shape index (κ3) is 6.85. The van der Waals surface area contributed by atoms with Crippen LogP contribution in [-0.2, 0) is 38.7 Å². The third-order valence-corrected chi connectivity index (χ3v) is 18.9. The predicted octanol–water partition coefficient (Wildman–Crippen LogP) is 10.1. The minimum atomic E-state index is -1.18. The van der Waals surface area contributed by atoms with Gasteiger partial charge in [0, 0.05) is 0 Å². The van der Waals surface area contributed by atoms with Gasteiger partial charge in [0.25, 0.3) is 0 Å². The van der Waals surface area contributed by atoms with E-state index >= 15 is 0 Å². The molecule has 0 nitrogen and oxygen atoms in total. The number of rotatable bonds is 7. The fourth-order valence-electron chi connectivity index (χ4n) is 6.22. The molecule has 2 aliphatic rings. The zero-order valence-corrected chi connectivity index (χ0v) is 29.9. The Balaban J connectivity index is 0.000000197. The molecule has 0 saturated carbocycles. The molecule has 43 heavy (non-hydrogen) atoms. The van der Waals surface area contributed by atoms with Crippen molar-refractivity contribution in [3.05, 3.63) is 184 Å². The molecule has 3 atom stereocenters. The summed E-state index contributed by atoms with van der Waals surface area (Å²) < 4.78 is 0.924. The second kappa shape index (κ2) is 13.7. The molecule has 0 heterocycles. The maximum atomic E-state index is 2.59. The molecule has 0 saturated heterocycles. The van der Waals surface area contributed by atoms with Crippen LogP contribution in [0, 0.1) is 20.8 Å². The average molecular weight is 741 g/mol. The minimum Gasteiger partial charge on any atom is -0.0622 e. The van der Waals surface area contributed by atoms with Gasteiger partial charge in [0.15, 0.2) is 0 Å². The van der Waals surface area contributed by atoms with Crippen LogP contribution in [0.4, 0.5) is 0 Å². The largest absolute Gasteiger partial charge is 0.0622 e. The first kappa shape index (κ1) is 29.9. The summed E-state index contributed by atoms with van der Waals surface area (Å²) in [6, 6.07) is 44.0.